The number of rotatable bonds is 3. The molecule has 0 radical (unpaired) electrons. The first-order valence-electron chi connectivity index (χ1n) is 7.94. The van der Waals surface area contributed by atoms with Crippen molar-refractivity contribution in [3.8, 4) is 0 Å². The number of ether oxygens (including phenoxy) is 1. The van der Waals surface area contributed by atoms with Crippen molar-refractivity contribution in [2.24, 2.45) is 0 Å². The smallest absolute Gasteiger partial charge is 0.407 e. The number of nitrogens with one attached hydrogen (secondary N) is 2. The molecule has 2 N–H and O–H groups in total. The number of hydrogen-bond donors (Lipinski definition) is 2. The third kappa shape index (κ3) is 6.34. The molecule has 0 atom stereocenters. The molecule has 128 valence electrons. The summed E-state index contributed by atoms with van der Waals surface area (Å²) in [5.74, 6) is 0. The quantitative estimate of drug-likeness (QED) is 0.646. The van der Waals surface area contributed by atoms with Gasteiger partial charge in [-0.2, -0.15) is 0 Å². The molecule has 6 heteroatoms. The fourth-order valence-corrected chi connectivity index (χ4v) is 3.84. The van der Waals surface area contributed by atoms with Crippen LogP contribution in [0.1, 0.15) is 46.5 Å². The van der Waals surface area contributed by atoms with Gasteiger partial charge in [-0.25, -0.2) is 4.79 Å². The first-order chi connectivity index (χ1) is 10.7. The maximum absolute atomic E-state index is 11.8. The van der Waals surface area contributed by atoms with Crippen LogP contribution in [0, 0.1) is 0 Å². The number of amides is 1. The molecule has 1 aliphatic carbocycles. The van der Waals surface area contributed by atoms with E-state index in [9.17, 15) is 4.79 Å². The number of anilines is 1. The van der Waals surface area contributed by atoms with Gasteiger partial charge >= 0.3 is 6.09 Å². The van der Waals surface area contributed by atoms with Gasteiger partial charge in [0.1, 0.15) is 5.60 Å². The Balaban J connectivity index is 1.79. The SMILES string of the molecule is CC(C)(C)OC(=O)NC1CCC(Nc2ccc(Br)cc2Br)CC1. The second-order valence-corrected chi connectivity index (χ2v) is 8.73. The number of halogens is 2. The Morgan fingerprint density at radius 2 is 1.74 bits per heavy atom. The average Bonchev–Trinajstić information content (AvgIpc) is 2.42. The van der Waals surface area contributed by atoms with E-state index in [4.69, 9.17) is 4.74 Å². The molecule has 0 aromatic heterocycles. The number of hydrogen-bond acceptors (Lipinski definition) is 3. The Morgan fingerprint density at radius 3 is 2.30 bits per heavy atom. The molecule has 0 aliphatic heterocycles. The van der Waals surface area contributed by atoms with Crippen LogP contribution in [0.15, 0.2) is 27.1 Å². The lowest BCUT2D eigenvalue weighted by atomic mass is 9.91. The van der Waals surface area contributed by atoms with Crippen LogP contribution in [0.3, 0.4) is 0 Å². The summed E-state index contributed by atoms with van der Waals surface area (Å²) < 4.78 is 7.43. The Labute approximate surface area is 155 Å². The minimum absolute atomic E-state index is 0.205. The van der Waals surface area contributed by atoms with Crippen LogP contribution in [-0.2, 0) is 4.74 Å². The van der Waals surface area contributed by atoms with Crippen molar-refractivity contribution in [2.45, 2.75) is 64.1 Å². The van der Waals surface area contributed by atoms with Crippen LogP contribution in [0.25, 0.3) is 0 Å². The lowest BCUT2D eigenvalue weighted by Gasteiger charge is -2.31. The highest BCUT2D eigenvalue weighted by Crippen LogP contribution is 2.29. The van der Waals surface area contributed by atoms with Crippen molar-refractivity contribution < 1.29 is 9.53 Å². The first kappa shape index (κ1) is 18.6. The molecule has 0 saturated heterocycles. The van der Waals surface area contributed by atoms with Crippen molar-refractivity contribution in [3.05, 3.63) is 27.1 Å². The fourth-order valence-electron chi connectivity index (χ4n) is 2.68. The second kappa shape index (κ2) is 7.88. The van der Waals surface area contributed by atoms with Gasteiger partial charge in [0, 0.05) is 26.7 Å². The Hall–Kier alpha value is -0.750. The summed E-state index contributed by atoms with van der Waals surface area (Å²) in [7, 11) is 0. The molecule has 1 aromatic carbocycles. The molecule has 1 saturated carbocycles. The zero-order valence-electron chi connectivity index (χ0n) is 13.8. The summed E-state index contributed by atoms with van der Waals surface area (Å²) in [6, 6.07) is 6.78. The van der Waals surface area contributed by atoms with Crippen LogP contribution in [-0.4, -0.2) is 23.8 Å². The predicted molar refractivity (Wildman–Crippen MR) is 101 cm³/mol. The lowest BCUT2D eigenvalue weighted by molar-refractivity contribution is 0.0492. The molecular weight excluding hydrogens is 424 g/mol. The largest absolute Gasteiger partial charge is 0.444 e. The molecule has 23 heavy (non-hydrogen) atoms. The van der Waals surface area contributed by atoms with Crippen molar-refractivity contribution in [3.63, 3.8) is 0 Å². The lowest BCUT2D eigenvalue weighted by Crippen LogP contribution is -2.42. The summed E-state index contributed by atoms with van der Waals surface area (Å²) in [5, 5.41) is 6.55. The van der Waals surface area contributed by atoms with Crippen LogP contribution in [0.2, 0.25) is 0 Å². The predicted octanol–water partition coefficient (Wildman–Crippen LogP) is 5.46. The van der Waals surface area contributed by atoms with E-state index >= 15 is 0 Å². The maximum Gasteiger partial charge on any atom is 0.407 e. The maximum atomic E-state index is 11.8. The summed E-state index contributed by atoms with van der Waals surface area (Å²) in [6.07, 6.45) is 3.67. The van der Waals surface area contributed by atoms with E-state index in [1.807, 2.05) is 32.9 Å². The summed E-state index contributed by atoms with van der Waals surface area (Å²) in [4.78, 5) is 11.8. The van der Waals surface area contributed by atoms with E-state index in [2.05, 4.69) is 48.6 Å². The minimum Gasteiger partial charge on any atom is -0.444 e. The highest BCUT2D eigenvalue weighted by atomic mass is 79.9. The third-order valence-corrected chi connectivity index (χ3v) is 4.89. The topological polar surface area (TPSA) is 50.4 Å². The summed E-state index contributed by atoms with van der Waals surface area (Å²) >= 11 is 7.04. The van der Waals surface area contributed by atoms with Gasteiger partial charge in [0.15, 0.2) is 0 Å². The average molecular weight is 448 g/mol. The van der Waals surface area contributed by atoms with Gasteiger partial charge in [-0.15, -0.1) is 0 Å². The van der Waals surface area contributed by atoms with Crippen LogP contribution in [0.5, 0.6) is 0 Å². The Kier molecular flexibility index (Phi) is 6.37. The van der Waals surface area contributed by atoms with Gasteiger partial charge in [-0.05, 0) is 80.6 Å². The highest BCUT2D eigenvalue weighted by Gasteiger charge is 2.24. The van der Waals surface area contributed by atoms with Gasteiger partial charge in [-0.1, -0.05) is 15.9 Å². The zero-order chi connectivity index (χ0) is 17.0. The first-order valence-corrected chi connectivity index (χ1v) is 9.52. The molecule has 0 spiro atoms. The number of benzene rings is 1. The number of carbonyl (C=O) groups is 1. The molecule has 1 fully saturated rings. The van der Waals surface area contributed by atoms with Crippen LogP contribution >= 0.6 is 31.9 Å². The van der Waals surface area contributed by atoms with E-state index < -0.39 is 5.60 Å². The molecular formula is C17H24Br2N2O2. The van der Waals surface area contributed by atoms with Crippen LogP contribution in [0.4, 0.5) is 10.5 Å². The molecule has 2 rings (SSSR count). The number of carbonyl (C=O) groups excluding carboxylic acids is 1. The number of alkyl carbamates (subject to hydrolysis) is 1. The van der Waals surface area contributed by atoms with E-state index in [1.165, 1.54) is 0 Å². The van der Waals surface area contributed by atoms with Gasteiger partial charge in [0.05, 0.1) is 0 Å². The molecule has 1 aromatic rings. The minimum atomic E-state index is -0.448. The standard InChI is InChI=1S/C17H24Br2N2O2/c1-17(2,3)23-16(22)21-13-7-5-12(6-8-13)20-15-9-4-11(18)10-14(15)19/h4,9-10,12-13,20H,5-8H2,1-3H3,(H,21,22). The van der Waals surface area contributed by atoms with Crippen molar-refractivity contribution in [1.82, 2.24) is 5.32 Å². The van der Waals surface area contributed by atoms with E-state index in [0.29, 0.717) is 6.04 Å². The third-order valence-electron chi connectivity index (χ3n) is 3.74. The molecule has 1 aliphatic rings. The van der Waals surface area contributed by atoms with Crippen molar-refractivity contribution >= 4 is 43.6 Å². The molecule has 0 unspecified atom stereocenters. The van der Waals surface area contributed by atoms with E-state index in [0.717, 1.165) is 40.3 Å². The normalized spacial score (nSPS) is 21.6. The molecule has 0 heterocycles. The van der Waals surface area contributed by atoms with Gasteiger partial charge in [0.25, 0.3) is 0 Å². The Morgan fingerprint density at radius 1 is 1.13 bits per heavy atom. The van der Waals surface area contributed by atoms with E-state index in [1.54, 1.807) is 0 Å². The zero-order valence-corrected chi connectivity index (χ0v) is 17.0. The molecule has 1 amide bonds. The van der Waals surface area contributed by atoms with Crippen molar-refractivity contribution in [2.75, 3.05) is 5.32 Å². The molecule has 0 bridgehead atoms. The summed E-state index contributed by atoms with van der Waals surface area (Å²) in [5.41, 5.74) is 0.660. The van der Waals surface area contributed by atoms with Gasteiger partial charge in [0.2, 0.25) is 0 Å². The fraction of sp³-hybridized carbons (Fsp3) is 0.588. The molecule has 4 nitrogen and oxygen atoms in total. The highest BCUT2D eigenvalue weighted by molar-refractivity contribution is 9.11. The van der Waals surface area contributed by atoms with E-state index in [-0.39, 0.29) is 12.1 Å². The van der Waals surface area contributed by atoms with Crippen molar-refractivity contribution in [1.29, 1.82) is 0 Å². The monoisotopic (exact) mass is 446 g/mol. The van der Waals surface area contributed by atoms with Gasteiger partial charge in [-0.3, -0.25) is 0 Å². The Bertz CT molecular complexity index is 550. The second-order valence-electron chi connectivity index (χ2n) is 6.96. The summed E-state index contributed by atoms with van der Waals surface area (Å²) in [6.45, 7) is 5.64. The van der Waals surface area contributed by atoms with Gasteiger partial charge < -0.3 is 15.4 Å². The van der Waals surface area contributed by atoms with Crippen LogP contribution < -0.4 is 10.6 Å².